The second-order valence-corrected chi connectivity index (χ2v) is 2.24. The quantitative estimate of drug-likeness (QED) is 0.672. The molecular formula is C4H10ClN5S. The summed E-state index contributed by atoms with van der Waals surface area (Å²) in [7, 11) is 0. The molecule has 3 N–H and O–H groups in total. The third kappa shape index (κ3) is 2.96. The molecule has 0 aliphatic rings. The fraction of sp³-hybridized carbons (Fsp3) is 0.750. The third-order valence-electron chi connectivity index (χ3n) is 1.12. The van der Waals surface area contributed by atoms with Crippen molar-refractivity contribution < 1.29 is 0 Å². The molecule has 0 atom stereocenters. The largest absolute Gasteiger partial charge is 0.330 e. The number of aryl methyl sites for hydroxylation is 1. The Morgan fingerprint density at radius 3 is 2.82 bits per heavy atom. The third-order valence-corrected chi connectivity index (χ3v) is 1.42. The molecule has 1 heterocycles. The Hall–Kier alpha value is -0.460. The van der Waals surface area contributed by atoms with E-state index >= 15 is 0 Å². The first kappa shape index (κ1) is 10.5. The number of tetrazole rings is 1. The average molecular weight is 196 g/mol. The monoisotopic (exact) mass is 195 g/mol. The van der Waals surface area contributed by atoms with Crippen LogP contribution in [0, 0.1) is 4.77 Å². The van der Waals surface area contributed by atoms with Gasteiger partial charge >= 0.3 is 0 Å². The minimum atomic E-state index is 0. The first-order chi connectivity index (χ1) is 4.84. The van der Waals surface area contributed by atoms with Gasteiger partial charge in [0.05, 0.1) is 0 Å². The Bertz CT molecular complexity index is 243. The van der Waals surface area contributed by atoms with E-state index in [4.69, 9.17) is 18.0 Å². The zero-order valence-electron chi connectivity index (χ0n) is 5.86. The van der Waals surface area contributed by atoms with E-state index < -0.39 is 0 Å². The molecule has 0 radical (unpaired) electrons. The Morgan fingerprint density at radius 2 is 2.36 bits per heavy atom. The lowest BCUT2D eigenvalue weighted by Crippen LogP contribution is -2.07. The Kier molecular flexibility index (Phi) is 5.01. The lowest BCUT2D eigenvalue weighted by molar-refractivity contribution is 0.559. The van der Waals surface area contributed by atoms with Crippen LogP contribution < -0.4 is 5.73 Å². The minimum absolute atomic E-state index is 0. The molecule has 11 heavy (non-hydrogen) atoms. The van der Waals surface area contributed by atoms with Gasteiger partial charge in [-0.3, -0.25) is 0 Å². The van der Waals surface area contributed by atoms with Crippen LogP contribution in [0.4, 0.5) is 0 Å². The summed E-state index contributed by atoms with van der Waals surface area (Å²) in [5.41, 5.74) is 5.29. The van der Waals surface area contributed by atoms with Crippen molar-refractivity contribution in [3.8, 4) is 0 Å². The van der Waals surface area contributed by atoms with Crippen LogP contribution in [0.25, 0.3) is 0 Å². The molecule has 1 aromatic rings. The molecule has 0 saturated heterocycles. The van der Waals surface area contributed by atoms with E-state index in [0.717, 1.165) is 13.0 Å². The summed E-state index contributed by atoms with van der Waals surface area (Å²) in [5, 5.41) is 9.75. The van der Waals surface area contributed by atoms with Crippen LogP contribution in [-0.2, 0) is 6.54 Å². The van der Waals surface area contributed by atoms with Gasteiger partial charge < -0.3 is 5.73 Å². The number of hydrogen-bond donors (Lipinski definition) is 2. The van der Waals surface area contributed by atoms with Gasteiger partial charge in [-0.05, 0) is 25.2 Å². The van der Waals surface area contributed by atoms with Crippen molar-refractivity contribution in [2.75, 3.05) is 6.54 Å². The molecular weight excluding hydrogens is 186 g/mol. The number of nitrogens with zero attached hydrogens (tertiary/aromatic N) is 3. The van der Waals surface area contributed by atoms with Crippen molar-refractivity contribution in [3.63, 3.8) is 0 Å². The lowest BCUT2D eigenvalue weighted by Gasteiger charge is -1.95. The maximum absolute atomic E-state index is 5.29. The number of aromatic amines is 1. The van der Waals surface area contributed by atoms with E-state index in [2.05, 4.69) is 15.5 Å². The molecule has 0 unspecified atom stereocenters. The van der Waals surface area contributed by atoms with Gasteiger partial charge in [-0.1, -0.05) is 10.3 Å². The van der Waals surface area contributed by atoms with Gasteiger partial charge in [0, 0.05) is 6.54 Å². The molecule has 0 saturated carbocycles. The van der Waals surface area contributed by atoms with Gasteiger partial charge in [-0.25, -0.2) is 4.68 Å². The zero-order valence-corrected chi connectivity index (χ0v) is 7.49. The number of H-pyrrole nitrogens is 1. The highest BCUT2D eigenvalue weighted by Gasteiger charge is 1.91. The van der Waals surface area contributed by atoms with Gasteiger partial charge in [0.15, 0.2) is 0 Å². The highest BCUT2D eigenvalue weighted by molar-refractivity contribution is 7.71. The fourth-order valence-corrected chi connectivity index (χ4v) is 0.784. The van der Waals surface area contributed by atoms with Crippen LogP contribution in [0.15, 0.2) is 0 Å². The molecule has 1 rings (SSSR count). The number of nitrogens with two attached hydrogens (primary N) is 1. The van der Waals surface area contributed by atoms with E-state index in [0.29, 0.717) is 11.3 Å². The smallest absolute Gasteiger partial charge is 0.238 e. The van der Waals surface area contributed by atoms with Gasteiger partial charge in [-0.15, -0.1) is 12.4 Å². The van der Waals surface area contributed by atoms with Crippen molar-refractivity contribution in [2.45, 2.75) is 13.0 Å². The standard InChI is InChI=1S/C4H9N5S.ClH/c5-2-1-3-9-4(10)6-7-8-9;/h1-3,5H2,(H,6,8,10);1H. The van der Waals surface area contributed by atoms with Gasteiger partial charge in [-0.2, -0.15) is 5.21 Å². The summed E-state index contributed by atoms with van der Waals surface area (Å²) < 4.78 is 2.16. The molecule has 5 nitrogen and oxygen atoms in total. The van der Waals surface area contributed by atoms with E-state index in [-0.39, 0.29) is 12.4 Å². The van der Waals surface area contributed by atoms with E-state index in [9.17, 15) is 0 Å². The minimum Gasteiger partial charge on any atom is -0.330 e. The van der Waals surface area contributed by atoms with Crippen LogP contribution in [0.1, 0.15) is 6.42 Å². The maximum atomic E-state index is 5.29. The molecule has 0 aliphatic carbocycles. The van der Waals surface area contributed by atoms with E-state index in [1.54, 1.807) is 4.68 Å². The summed E-state index contributed by atoms with van der Waals surface area (Å²) in [4.78, 5) is 0. The van der Waals surface area contributed by atoms with E-state index in [1.165, 1.54) is 0 Å². The summed E-state index contributed by atoms with van der Waals surface area (Å²) >= 11 is 4.82. The summed E-state index contributed by atoms with van der Waals surface area (Å²) in [6.45, 7) is 1.42. The predicted octanol–water partition coefficient (Wildman–Crippen LogP) is 0.106. The Morgan fingerprint density at radius 1 is 1.64 bits per heavy atom. The molecule has 0 aromatic carbocycles. The number of hydrogen-bond acceptors (Lipinski definition) is 4. The molecule has 7 heteroatoms. The molecule has 0 aliphatic heterocycles. The van der Waals surface area contributed by atoms with Crippen molar-refractivity contribution in [1.29, 1.82) is 0 Å². The number of aromatic nitrogens is 4. The average Bonchev–Trinajstić information content (AvgIpc) is 2.31. The topological polar surface area (TPSA) is 72.5 Å². The number of halogens is 1. The van der Waals surface area contributed by atoms with Gasteiger partial charge in [0.1, 0.15) is 0 Å². The highest BCUT2D eigenvalue weighted by Crippen LogP contribution is 1.85. The first-order valence-electron chi connectivity index (χ1n) is 3.02. The van der Waals surface area contributed by atoms with Crippen molar-refractivity contribution >= 4 is 24.6 Å². The molecule has 64 valence electrons. The van der Waals surface area contributed by atoms with Crippen LogP contribution in [0.5, 0.6) is 0 Å². The SMILES string of the molecule is Cl.NCCCn1[nH]nnc1=S. The Balaban J connectivity index is 0.000001000. The van der Waals surface area contributed by atoms with Crippen molar-refractivity contribution in [1.82, 2.24) is 20.2 Å². The number of rotatable bonds is 3. The van der Waals surface area contributed by atoms with Crippen LogP contribution in [0.3, 0.4) is 0 Å². The summed E-state index contributed by atoms with van der Waals surface area (Å²) in [6.07, 6.45) is 0.887. The maximum Gasteiger partial charge on any atom is 0.238 e. The van der Waals surface area contributed by atoms with Crippen LogP contribution in [0.2, 0.25) is 0 Å². The molecule has 0 spiro atoms. The second-order valence-electron chi connectivity index (χ2n) is 1.88. The second kappa shape index (κ2) is 5.22. The molecule has 0 bridgehead atoms. The highest BCUT2D eigenvalue weighted by atomic mass is 35.5. The summed E-state index contributed by atoms with van der Waals surface area (Å²) in [5.74, 6) is 0. The van der Waals surface area contributed by atoms with Gasteiger partial charge in [0.2, 0.25) is 4.77 Å². The van der Waals surface area contributed by atoms with Gasteiger partial charge in [0.25, 0.3) is 0 Å². The van der Waals surface area contributed by atoms with E-state index in [1.807, 2.05) is 0 Å². The molecule has 1 aromatic heterocycles. The van der Waals surface area contributed by atoms with Crippen LogP contribution in [-0.4, -0.2) is 26.8 Å². The van der Waals surface area contributed by atoms with Crippen molar-refractivity contribution in [3.05, 3.63) is 4.77 Å². The first-order valence-corrected chi connectivity index (χ1v) is 3.43. The normalized spacial score (nSPS) is 9.18. The lowest BCUT2D eigenvalue weighted by atomic mass is 10.4. The molecule has 0 fully saturated rings. The van der Waals surface area contributed by atoms with Crippen LogP contribution >= 0.6 is 24.6 Å². The Labute approximate surface area is 75.4 Å². The number of nitrogens with one attached hydrogen (secondary N) is 1. The summed E-state index contributed by atoms with van der Waals surface area (Å²) in [6, 6.07) is 0. The molecule has 0 amide bonds. The predicted molar refractivity (Wildman–Crippen MR) is 46.1 cm³/mol. The fourth-order valence-electron chi connectivity index (χ4n) is 0.611. The van der Waals surface area contributed by atoms with Crippen molar-refractivity contribution in [2.24, 2.45) is 5.73 Å². The zero-order chi connectivity index (χ0) is 7.40.